The number of hydrogen-bond acceptors (Lipinski definition) is 3. The molecule has 3 aromatic rings. The monoisotopic (exact) mass is 401 g/mol. The average Bonchev–Trinajstić information content (AvgIpc) is 3.29. The van der Waals surface area contributed by atoms with Gasteiger partial charge < -0.3 is 10.1 Å². The van der Waals surface area contributed by atoms with Crippen molar-refractivity contribution in [1.29, 1.82) is 0 Å². The van der Waals surface area contributed by atoms with E-state index in [4.69, 9.17) is 0 Å². The Morgan fingerprint density at radius 1 is 1.07 bits per heavy atom. The normalized spacial score (nSPS) is 13.2. The van der Waals surface area contributed by atoms with Crippen LogP contribution in [0.3, 0.4) is 0 Å². The van der Waals surface area contributed by atoms with Crippen molar-refractivity contribution < 1.29 is 22.7 Å². The number of fused-ring (bicyclic) bond motifs is 1. The summed E-state index contributed by atoms with van der Waals surface area (Å²) in [6.07, 6.45) is -1.87. The van der Waals surface area contributed by atoms with Crippen molar-refractivity contribution in [3.8, 4) is 11.4 Å². The van der Waals surface area contributed by atoms with Crippen molar-refractivity contribution >= 4 is 5.91 Å². The van der Waals surface area contributed by atoms with Crippen LogP contribution in [0.5, 0.6) is 5.75 Å². The molecule has 0 bridgehead atoms. The van der Waals surface area contributed by atoms with E-state index >= 15 is 0 Å². The summed E-state index contributed by atoms with van der Waals surface area (Å²) in [7, 11) is 0. The molecule has 1 heterocycles. The van der Waals surface area contributed by atoms with Crippen molar-refractivity contribution in [3.05, 3.63) is 77.1 Å². The van der Waals surface area contributed by atoms with Crippen LogP contribution >= 0.6 is 0 Å². The van der Waals surface area contributed by atoms with Gasteiger partial charge in [0.2, 0.25) is 0 Å². The summed E-state index contributed by atoms with van der Waals surface area (Å²) < 4.78 is 42.4. The van der Waals surface area contributed by atoms with Crippen molar-refractivity contribution in [1.82, 2.24) is 15.1 Å². The van der Waals surface area contributed by atoms with Gasteiger partial charge in [0, 0.05) is 11.3 Å². The third-order valence-electron chi connectivity index (χ3n) is 4.78. The summed E-state index contributed by atoms with van der Waals surface area (Å²) in [4.78, 5) is 12.4. The average molecular weight is 401 g/mol. The molecule has 0 atom stereocenters. The zero-order chi connectivity index (χ0) is 20.4. The molecule has 150 valence electrons. The van der Waals surface area contributed by atoms with Gasteiger partial charge in [0.15, 0.2) is 0 Å². The molecule has 4 rings (SSSR count). The molecular weight excluding hydrogens is 383 g/mol. The number of nitrogens with one attached hydrogen (secondary N) is 1. The maximum absolute atomic E-state index is 12.4. The number of carbonyl (C=O) groups excluding carboxylic acids is 1. The van der Waals surface area contributed by atoms with Crippen LogP contribution in [0.4, 0.5) is 13.2 Å². The molecule has 5 nitrogen and oxygen atoms in total. The highest BCUT2D eigenvalue weighted by Gasteiger charge is 2.31. The smallest absolute Gasteiger partial charge is 0.406 e. The van der Waals surface area contributed by atoms with Gasteiger partial charge in [-0.05, 0) is 61.2 Å². The van der Waals surface area contributed by atoms with Gasteiger partial charge in [0.05, 0.1) is 17.9 Å². The molecule has 1 N–H and O–H groups in total. The minimum absolute atomic E-state index is 0.249. The molecule has 0 fully saturated rings. The summed E-state index contributed by atoms with van der Waals surface area (Å²) in [6.45, 7) is 0.252. The number of benzene rings is 2. The van der Waals surface area contributed by atoms with Crippen LogP contribution in [-0.4, -0.2) is 22.1 Å². The SMILES string of the molecule is O=C(NCc1nn(-c2ccccc2)c2c1CCC2)c1ccc(OC(F)(F)F)cc1. The van der Waals surface area contributed by atoms with E-state index in [1.54, 1.807) is 0 Å². The number of aromatic nitrogens is 2. The Hall–Kier alpha value is -3.29. The fraction of sp³-hybridized carbons (Fsp3) is 0.238. The number of para-hydroxylation sites is 1. The van der Waals surface area contributed by atoms with E-state index in [9.17, 15) is 18.0 Å². The first-order valence-corrected chi connectivity index (χ1v) is 9.20. The maximum atomic E-state index is 12.4. The Balaban J connectivity index is 1.46. The van der Waals surface area contributed by atoms with Crippen LogP contribution in [-0.2, 0) is 19.4 Å². The molecule has 29 heavy (non-hydrogen) atoms. The van der Waals surface area contributed by atoms with E-state index in [2.05, 4.69) is 15.2 Å². The minimum atomic E-state index is -4.76. The van der Waals surface area contributed by atoms with Gasteiger partial charge in [-0.3, -0.25) is 4.79 Å². The van der Waals surface area contributed by atoms with Crippen molar-refractivity contribution in [2.24, 2.45) is 0 Å². The van der Waals surface area contributed by atoms with Gasteiger partial charge in [0.25, 0.3) is 5.91 Å². The molecule has 1 amide bonds. The molecule has 1 aromatic heterocycles. The molecule has 0 unspecified atom stereocenters. The Bertz CT molecular complexity index is 1010. The zero-order valence-corrected chi connectivity index (χ0v) is 15.4. The lowest BCUT2D eigenvalue weighted by molar-refractivity contribution is -0.274. The van der Waals surface area contributed by atoms with Crippen LogP contribution in [0.1, 0.15) is 33.7 Å². The van der Waals surface area contributed by atoms with Crippen molar-refractivity contribution in [2.75, 3.05) is 0 Å². The Kier molecular flexibility index (Phi) is 5.00. The van der Waals surface area contributed by atoms with Gasteiger partial charge in [-0.1, -0.05) is 18.2 Å². The molecule has 0 radical (unpaired) electrons. The number of hydrogen-bond donors (Lipinski definition) is 1. The van der Waals surface area contributed by atoms with Crippen LogP contribution in [0.2, 0.25) is 0 Å². The topological polar surface area (TPSA) is 56.2 Å². The molecule has 0 saturated carbocycles. The zero-order valence-electron chi connectivity index (χ0n) is 15.4. The Morgan fingerprint density at radius 3 is 2.48 bits per heavy atom. The lowest BCUT2D eigenvalue weighted by Gasteiger charge is -2.09. The summed E-state index contributed by atoms with van der Waals surface area (Å²) in [5.74, 6) is -0.752. The molecule has 0 saturated heterocycles. The van der Waals surface area contributed by atoms with Gasteiger partial charge in [0.1, 0.15) is 5.75 Å². The molecule has 2 aromatic carbocycles. The second kappa shape index (κ2) is 7.62. The summed E-state index contributed by atoms with van der Waals surface area (Å²) in [5.41, 5.74) is 4.35. The van der Waals surface area contributed by atoms with Crippen LogP contribution in [0.15, 0.2) is 54.6 Å². The van der Waals surface area contributed by atoms with E-state index in [1.807, 2.05) is 35.0 Å². The number of alkyl halides is 3. The lowest BCUT2D eigenvalue weighted by atomic mass is 10.2. The fourth-order valence-corrected chi connectivity index (χ4v) is 3.51. The number of nitrogens with zero attached hydrogens (tertiary/aromatic N) is 2. The quantitative estimate of drug-likeness (QED) is 0.698. The summed E-state index contributed by atoms with van der Waals surface area (Å²) >= 11 is 0. The number of halogens is 3. The van der Waals surface area contributed by atoms with Gasteiger partial charge in [-0.2, -0.15) is 5.10 Å². The third kappa shape index (κ3) is 4.26. The highest BCUT2D eigenvalue weighted by molar-refractivity contribution is 5.94. The largest absolute Gasteiger partial charge is 0.573 e. The number of ether oxygens (including phenoxy) is 1. The minimum Gasteiger partial charge on any atom is -0.406 e. The Labute approximate surface area is 165 Å². The maximum Gasteiger partial charge on any atom is 0.573 e. The first-order chi connectivity index (χ1) is 13.9. The van der Waals surface area contributed by atoms with Crippen molar-refractivity contribution in [2.45, 2.75) is 32.2 Å². The third-order valence-corrected chi connectivity index (χ3v) is 4.78. The number of amides is 1. The fourth-order valence-electron chi connectivity index (χ4n) is 3.51. The number of rotatable bonds is 5. The van der Waals surface area contributed by atoms with E-state index < -0.39 is 6.36 Å². The van der Waals surface area contributed by atoms with Crippen molar-refractivity contribution in [3.63, 3.8) is 0 Å². The summed E-state index contributed by atoms with van der Waals surface area (Å²) in [5, 5.41) is 7.48. The van der Waals surface area contributed by atoms with Gasteiger partial charge in [-0.15, -0.1) is 13.2 Å². The molecular formula is C21H18F3N3O2. The highest BCUT2D eigenvalue weighted by atomic mass is 19.4. The van der Waals surface area contributed by atoms with E-state index in [-0.39, 0.29) is 23.8 Å². The Morgan fingerprint density at radius 2 is 1.79 bits per heavy atom. The molecule has 8 heteroatoms. The van der Waals surface area contributed by atoms with Gasteiger partial charge >= 0.3 is 6.36 Å². The van der Waals surface area contributed by atoms with E-state index in [0.717, 1.165) is 54.0 Å². The molecule has 0 spiro atoms. The van der Waals surface area contributed by atoms with Crippen LogP contribution in [0, 0.1) is 0 Å². The van der Waals surface area contributed by atoms with E-state index in [1.165, 1.54) is 12.1 Å². The molecule has 1 aliphatic rings. The predicted octanol–water partition coefficient (Wildman–Crippen LogP) is 4.19. The van der Waals surface area contributed by atoms with Crippen LogP contribution < -0.4 is 10.1 Å². The second-order valence-corrected chi connectivity index (χ2v) is 6.73. The molecule has 1 aliphatic carbocycles. The van der Waals surface area contributed by atoms with E-state index in [0.29, 0.717) is 0 Å². The summed E-state index contributed by atoms with van der Waals surface area (Å²) in [6, 6.07) is 14.6. The standard InChI is InChI=1S/C21H18F3N3O2/c22-21(23,24)29-16-11-9-14(10-12-16)20(28)25-13-18-17-7-4-8-19(17)27(26-18)15-5-2-1-3-6-15/h1-3,5-6,9-12H,4,7-8,13H2,(H,25,28). The lowest BCUT2D eigenvalue weighted by Crippen LogP contribution is -2.23. The highest BCUT2D eigenvalue weighted by Crippen LogP contribution is 2.28. The second-order valence-electron chi connectivity index (χ2n) is 6.73. The predicted molar refractivity (Wildman–Crippen MR) is 99.9 cm³/mol. The molecule has 0 aliphatic heterocycles. The number of carbonyl (C=O) groups is 1. The van der Waals surface area contributed by atoms with Gasteiger partial charge in [-0.25, -0.2) is 4.68 Å². The first kappa shape index (κ1) is 19.0. The van der Waals surface area contributed by atoms with Crippen LogP contribution in [0.25, 0.3) is 5.69 Å². The first-order valence-electron chi connectivity index (χ1n) is 9.20.